The first kappa shape index (κ1) is 18.9. The third-order valence-corrected chi connectivity index (χ3v) is 9.03. The van der Waals surface area contributed by atoms with Crippen molar-refractivity contribution in [3.05, 3.63) is 67.4 Å². The Labute approximate surface area is 140 Å². The van der Waals surface area contributed by atoms with E-state index in [-0.39, 0.29) is 24.8 Å². The van der Waals surface area contributed by atoms with E-state index < -0.39 is 22.9 Å². The van der Waals surface area contributed by atoms with Crippen LogP contribution >= 0.6 is 0 Å². The number of rotatable bonds is 6. The van der Waals surface area contributed by atoms with E-state index >= 15 is 0 Å². The normalized spacial score (nSPS) is 16.0. The maximum Gasteiger partial charge on any atom is -1.00 e. The molecule has 0 amide bonds. The Morgan fingerprint density at radius 2 is 1.32 bits per heavy atom. The second-order valence-corrected chi connectivity index (χ2v) is 9.57. The van der Waals surface area contributed by atoms with Crippen molar-refractivity contribution in [3.63, 3.8) is 0 Å². The zero-order valence-electron chi connectivity index (χ0n) is 11.0. The molecule has 0 N–H and O–H groups in total. The van der Waals surface area contributed by atoms with Crippen molar-refractivity contribution in [2.24, 2.45) is 0 Å². The van der Waals surface area contributed by atoms with Gasteiger partial charge in [-0.2, -0.15) is 0 Å². The molecule has 2 rings (SSSR count). The van der Waals surface area contributed by atoms with Gasteiger partial charge >= 0.3 is 116 Å². The van der Waals surface area contributed by atoms with Crippen molar-refractivity contribution in [2.45, 2.75) is 25.7 Å². The Bertz CT molecular complexity index is 411. The average Bonchev–Trinajstić information content (AvgIpc) is 2.92. The van der Waals surface area contributed by atoms with Gasteiger partial charge in [0, 0.05) is 0 Å². The molecule has 2 aliphatic rings. The Balaban J connectivity index is 0.00000162. The molecule has 0 aromatic rings. The summed E-state index contributed by atoms with van der Waals surface area (Å²) in [5.74, 6) is 0. The molecule has 0 radical (unpaired) electrons. The SMILES string of the molecule is C=CCC1=[C]([Hf+2][C]2=C(CC=C)C=CC2)CC=C1.[Cl-].[Cl-]. The Morgan fingerprint density at radius 3 is 1.68 bits per heavy atom. The first-order valence-corrected chi connectivity index (χ1v) is 9.70. The van der Waals surface area contributed by atoms with E-state index in [2.05, 4.69) is 37.5 Å². The van der Waals surface area contributed by atoms with E-state index in [0.29, 0.717) is 0 Å². The molecule has 2 aliphatic carbocycles. The monoisotopic (exact) mass is 460 g/mol. The molecule has 0 saturated heterocycles. The van der Waals surface area contributed by atoms with Crippen LogP contribution < -0.4 is 24.8 Å². The van der Waals surface area contributed by atoms with Crippen LogP contribution in [0.4, 0.5) is 0 Å². The molecule has 0 aromatic heterocycles. The van der Waals surface area contributed by atoms with Crippen molar-refractivity contribution in [3.8, 4) is 0 Å². The summed E-state index contributed by atoms with van der Waals surface area (Å²) in [6.07, 6.45) is 17.8. The molecule has 19 heavy (non-hydrogen) atoms. The molecule has 0 aliphatic heterocycles. The minimum atomic E-state index is -0.778. The van der Waals surface area contributed by atoms with Gasteiger partial charge in [0.25, 0.3) is 0 Å². The van der Waals surface area contributed by atoms with E-state index in [1.807, 2.05) is 12.2 Å². The molecule has 0 unspecified atom stereocenters. The first-order chi connectivity index (χ1) is 8.35. The van der Waals surface area contributed by atoms with Crippen LogP contribution in [-0.4, -0.2) is 0 Å². The summed E-state index contributed by atoms with van der Waals surface area (Å²) in [4.78, 5) is 0. The summed E-state index contributed by atoms with van der Waals surface area (Å²) in [5.41, 5.74) is 3.11. The fourth-order valence-electron chi connectivity index (χ4n) is 2.24. The Morgan fingerprint density at radius 1 is 0.895 bits per heavy atom. The summed E-state index contributed by atoms with van der Waals surface area (Å²) in [7, 11) is 0. The van der Waals surface area contributed by atoms with Crippen LogP contribution in [0, 0.1) is 0 Å². The molecule has 0 spiro atoms. The predicted octanol–water partition coefficient (Wildman–Crippen LogP) is -1.34. The molecule has 0 nitrogen and oxygen atoms in total. The summed E-state index contributed by atoms with van der Waals surface area (Å²) in [6.45, 7) is 7.70. The van der Waals surface area contributed by atoms with Crippen LogP contribution in [0.2, 0.25) is 0 Å². The van der Waals surface area contributed by atoms with Crippen LogP contribution in [0.3, 0.4) is 0 Å². The second kappa shape index (κ2) is 9.74. The minimum Gasteiger partial charge on any atom is -1.00 e. The van der Waals surface area contributed by atoms with Gasteiger partial charge in [0.2, 0.25) is 0 Å². The van der Waals surface area contributed by atoms with Crippen LogP contribution in [0.25, 0.3) is 0 Å². The van der Waals surface area contributed by atoms with Gasteiger partial charge in [-0.15, -0.1) is 0 Å². The van der Waals surface area contributed by atoms with Crippen LogP contribution in [0.15, 0.2) is 67.4 Å². The summed E-state index contributed by atoms with van der Waals surface area (Å²) < 4.78 is 3.54. The van der Waals surface area contributed by atoms with Crippen molar-refractivity contribution >= 4 is 0 Å². The molecule has 0 heterocycles. The number of hydrogen-bond acceptors (Lipinski definition) is 0. The molecular weight excluding hydrogens is 442 g/mol. The maximum absolute atomic E-state index is 3.85. The summed E-state index contributed by atoms with van der Waals surface area (Å²) in [5, 5.41) is 0. The van der Waals surface area contributed by atoms with Crippen molar-refractivity contribution in [2.75, 3.05) is 0 Å². The van der Waals surface area contributed by atoms with Crippen LogP contribution in [-0.2, 0) is 22.9 Å². The summed E-state index contributed by atoms with van der Waals surface area (Å²) >= 11 is -0.778. The van der Waals surface area contributed by atoms with Crippen molar-refractivity contribution < 1.29 is 47.7 Å². The Hall–Kier alpha value is -0.110. The molecule has 3 heteroatoms. The molecule has 0 bridgehead atoms. The minimum absolute atomic E-state index is 0. The largest absolute Gasteiger partial charge is 1.00 e. The average molecular weight is 460 g/mol. The number of hydrogen-bond donors (Lipinski definition) is 0. The molecule has 0 saturated carbocycles. The van der Waals surface area contributed by atoms with E-state index in [1.54, 1.807) is 17.8 Å². The molecule has 0 fully saturated rings. The van der Waals surface area contributed by atoms with Gasteiger partial charge in [-0.3, -0.25) is 0 Å². The maximum atomic E-state index is 3.85. The summed E-state index contributed by atoms with van der Waals surface area (Å²) in [6, 6.07) is 0. The van der Waals surface area contributed by atoms with Gasteiger partial charge in [-0.05, 0) is 0 Å². The van der Waals surface area contributed by atoms with E-state index in [0.717, 1.165) is 12.8 Å². The van der Waals surface area contributed by atoms with E-state index in [9.17, 15) is 0 Å². The van der Waals surface area contributed by atoms with Gasteiger partial charge in [0.1, 0.15) is 0 Å². The van der Waals surface area contributed by atoms with Crippen LogP contribution in [0.5, 0.6) is 0 Å². The first-order valence-electron chi connectivity index (χ1n) is 6.11. The quantitative estimate of drug-likeness (QED) is 0.341. The zero-order chi connectivity index (χ0) is 12.1. The standard InChI is InChI=1S/2C8H9.2ClH.Hf/c2*1-2-5-8-6-3-4-7-8;;;/h2*2-3,6H,1,4-5H2;2*1H;/q;;;;+2/p-2. The molecule has 0 atom stereocenters. The van der Waals surface area contributed by atoms with Gasteiger partial charge in [0.15, 0.2) is 0 Å². The van der Waals surface area contributed by atoms with Gasteiger partial charge in [0.05, 0.1) is 0 Å². The molecular formula is C16H18Cl2Hf. The van der Waals surface area contributed by atoms with Crippen molar-refractivity contribution in [1.82, 2.24) is 0 Å². The fraction of sp³-hybridized carbons (Fsp3) is 0.250. The topological polar surface area (TPSA) is 0 Å². The van der Waals surface area contributed by atoms with E-state index in [4.69, 9.17) is 0 Å². The smallest absolute Gasteiger partial charge is 1.00 e. The zero-order valence-corrected chi connectivity index (χ0v) is 16.1. The van der Waals surface area contributed by atoms with Gasteiger partial charge in [-0.25, -0.2) is 0 Å². The van der Waals surface area contributed by atoms with E-state index in [1.165, 1.54) is 12.8 Å². The Kier molecular flexibility index (Phi) is 9.68. The number of allylic oxidation sites excluding steroid dienone is 10. The molecule has 100 valence electrons. The number of halogens is 2. The predicted molar refractivity (Wildman–Crippen MR) is 71.2 cm³/mol. The van der Waals surface area contributed by atoms with Gasteiger partial charge < -0.3 is 24.8 Å². The van der Waals surface area contributed by atoms with Gasteiger partial charge in [-0.1, -0.05) is 0 Å². The fourth-order valence-corrected chi connectivity index (χ4v) is 7.61. The van der Waals surface area contributed by atoms with Crippen LogP contribution in [0.1, 0.15) is 25.7 Å². The molecule has 0 aromatic carbocycles. The third kappa shape index (κ3) is 5.06. The van der Waals surface area contributed by atoms with Crippen molar-refractivity contribution in [1.29, 1.82) is 0 Å². The third-order valence-electron chi connectivity index (χ3n) is 3.09. The second-order valence-electron chi connectivity index (χ2n) is 4.33.